The van der Waals surface area contributed by atoms with Crippen molar-refractivity contribution in [3.63, 3.8) is 0 Å². The van der Waals surface area contributed by atoms with Gasteiger partial charge in [-0.05, 0) is 29.5 Å². The first-order valence-electron chi connectivity index (χ1n) is 5.40. The van der Waals surface area contributed by atoms with E-state index in [2.05, 4.69) is 20.4 Å². The highest BCUT2D eigenvalue weighted by molar-refractivity contribution is 5.51. The van der Waals surface area contributed by atoms with Crippen LogP contribution in [-0.2, 0) is 0 Å². The van der Waals surface area contributed by atoms with Crippen LogP contribution >= 0.6 is 0 Å². The maximum absolute atomic E-state index is 13.6. The molecule has 0 saturated carbocycles. The molecule has 0 fully saturated rings. The maximum atomic E-state index is 13.6. The van der Waals surface area contributed by atoms with Crippen LogP contribution in [-0.4, -0.2) is 25.2 Å². The summed E-state index contributed by atoms with van der Waals surface area (Å²) in [7, 11) is 0. The Labute approximate surface area is 106 Å². The maximum Gasteiger partial charge on any atom is 0.206 e. The Morgan fingerprint density at radius 2 is 2.00 bits per heavy atom. The smallest absolute Gasteiger partial charge is 0.206 e. The molecule has 0 atom stereocenters. The number of tetrazole rings is 1. The number of hydrogen-bond acceptors (Lipinski definition) is 4. The summed E-state index contributed by atoms with van der Waals surface area (Å²) in [5, 5.41) is 11.6. The Balaban J connectivity index is 2.02. The monoisotopic (exact) mass is 259 g/mol. The van der Waals surface area contributed by atoms with E-state index in [0.29, 0.717) is 11.4 Å². The van der Waals surface area contributed by atoms with Crippen LogP contribution in [0.25, 0.3) is 17.1 Å². The summed E-state index contributed by atoms with van der Waals surface area (Å²) < 4.78 is 26.4. The Hall–Kier alpha value is -2.70. The highest BCUT2D eigenvalue weighted by Gasteiger charge is 2.11. The second-order valence-corrected chi connectivity index (χ2v) is 3.74. The zero-order valence-corrected chi connectivity index (χ0v) is 9.53. The van der Waals surface area contributed by atoms with E-state index in [4.69, 9.17) is 0 Å². The Morgan fingerprint density at radius 1 is 1.11 bits per heavy atom. The van der Waals surface area contributed by atoms with Crippen molar-refractivity contribution in [1.29, 1.82) is 0 Å². The first-order chi connectivity index (χ1) is 9.24. The molecule has 0 aliphatic rings. The highest BCUT2D eigenvalue weighted by atomic mass is 19.1. The fraction of sp³-hybridized carbons (Fsp3) is 0. The van der Waals surface area contributed by atoms with Gasteiger partial charge in [0, 0.05) is 24.0 Å². The largest absolute Gasteiger partial charge is 0.264 e. The van der Waals surface area contributed by atoms with E-state index in [9.17, 15) is 8.78 Å². The van der Waals surface area contributed by atoms with Crippen LogP contribution in [0.15, 0.2) is 42.7 Å². The molecule has 19 heavy (non-hydrogen) atoms. The predicted molar refractivity (Wildman–Crippen MR) is 62.3 cm³/mol. The van der Waals surface area contributed by atoms with E-state index in [1.54, 1.807) is 24.5 Å². The standard InChI is InChI=1S/C12H7F2N5/c13-9-3-4-11(10(14)6-9)19-17-12(16-18-19)8-2-1-5-15-7-8/h1-7H. The molecule has 0 aliphatic heterocycles. The van der Waals surface area contributed by atoms with Crippen LogP contribution in [0, 0.1) is 11.6 Å². The van der Waals surface area contributed by atoms with Crippen molar-refractivity contribution in [2.75, 3.05) is 0 Å². The number of benzene rings is 1. The molecule has 7 heteroatoms. The molecule has 0 N–H and O–H groups in total. The van der Waals surface area contributed by atoms with Gasteiger partial charge in [-0.1, -0.05) is 0 Å². The quantitative estimate of drug-likeness (QED) is 0.706. The first-order valence-corrected chi connectivity index (χ1v) is 5.40. The number of rotatable bonds is 2. The summed E-state index contributed by atoms with van der Waals surface area (Å²) in [6.07, 6.45) is 3.19. The Kier molecular flexibility index (Phi) is 2.71. The van der Waals surface area contributed by atoms with Crippen LogP contribution in [0.2, 0.25) is 0 Å². The Morgan fingerprint density at radius 3 is 2.74 bits per heavy atom. The lowest BCUT2D eigenvalue weighted by Crippen LogP contribution is -2.02. The SMILES string of the molecule is Fc1ccc(-n2nnc(-c3cccnc3)n2)c(F)c1. The number of hydrogen-bond donors (Lipinski definition) is 0. The van der Waals surface area contributed by atoms with E-state index in [1.807, 2.05) is 0 Å². The van der Waals surface area contributed by atoms with Crippen molar-refractivity contribution in [2.45, 2.75) is 0 Å². The molecule has 0 spiro atoms. The van der Waals surface area contributed by atoms with Crippen molar-refractivity contribution in [2.24, 2.45) is 0 Å². The van der Waals surface area contributed by atoms with Gasteiger partial charge in [0.05, 0.1) is 0 Å². The van der Waals surface area contributed by atoms with Crippen LogP contribution in [0.4, 0.5) is 8.78 Å². The van der Waals surface area contributed by atoms with Crippen molar-refractivity contribution in [3.05, 3.63) is 54.4 Å². The second-order valence-electron chi connectivity index (χ2n) is 3.74. The molecule has 94 valence electrons. The third kappa shape index (κ3) is 2.17. The lowest BCUT2D eigenvalue weighted by molar-refractivity contribution is 0.563. The first kappa shape index (κ1) is 11.4. The predicted octanol–water partition coefficient (Wildman–Crippen LogP) is 2.00. The van der Waals surface area contributed by atoms with Gasteiger partial charge in [-0.2, -0.15) is 0 Å². The van der Waals surface area contributed by atoms with E-state index in [1.165, 1.54) is 6.07 Å². The molecular weight excluding hydrogens is 252 g/mol. The van der Waals surface area contributed by atoms with E-state index < -0.39 is 11.6 Å². The zero-order valence-electron chi connectivity index (χ0n) is 9.53. The lowest BCUT2D eigenvalue weighted by atomic mass is 10.3. The normalized spacial score (nSPS) is 10.6. The van der Waals surface area contributed by atoms with Gasteiger partial charge in [-0.15, -0.1) is 15.0 Å². The van der Waals surface area contributed by atoms with Crippen LogP contribution < -0.4 is 0 Å². The number of nitrogens with zero attached hydrogens (tertiary/aromatic N) is 5. The van der Waals surface area contributed by atoms with Gasteiger partial charge in [0.1, 0.15) is 11.5 Å². The van der Waals surface area contributed by atoms with Gasteiger partial charge in [0.15, 0.2) is 5.82 Å². The van der Waals surface area contributed by atoms with Crippen molar-refractivity contribution in [1.82, 2.24) is 25.2 Å². The van der Waals surface area contributed by atoms with E-state index >= 15 is 0 Å². The van der Waals surface area contributed by atoms with Gasteiger partial charge in [-0.3, -0.25) is 4.98 Å². The van der Waals surface area contributed by atoms with Crippen LogP contribution in [0.1, 0.15) is 0 Å². The zero-order chi connectivity index (χ0) is 13.2. The fourth-order valence-electron chi connectivity index (χ4n) is 1.57. The molecule has 0 saturated heterocycles. The fourth-order valence-corrected chi connectivity index (χ4v) is 1.57. The summed E-state index contributed by atoms with van der Waals surface area (Å²) in [6.45, 7) is 0. The Bertz CT molecular complexity index is 711. The minimum atomic E-state index is -0.755. The average Bonchev–Trinajstić information content (AvgIpc) is 2.89. The van der Waals surface area contributed by atoms with E-state index in [-0.39, 0.29) is 5.69 Å². The number of halogens is 2. The minimum absolute atomic E-state index is 0.0315. The lowest BCUT2D eigenvalue weighted by Gasteiger charge is -1.99. The summed E-state index contributed by atoms with van der Waals surface area (Å²) in [5.41, 5.74) is 0.695. The van der Waals surface area contributed by atoms with Crippen molar-refractivity contribution >= 4 is 0 Å². The summed E-state index contributed by atoms with van der Waals surface area (Å²) >= 11 is 0. The molecule has 2 heterocycles. The van der Waals surface area contributed by atoms with Crippen LogP contribution in [0.3, 0.4) is 0 Å². The topological polar surface area (TPSA) is 56.5 Å². The molecule has 0 amide bonds. The molecule has 0 unspecified atom stereocenters. The van der Waals surface area contributed by atoms with Crippen molar-refractivity contribution in [3.8, 4) is 17.1 Å². The average molecular weight is 259 g/mol. The molecule has 0 radical (unpaired) electrons. The summed E-state index contributed by atoms with van der Waals surface area (Å²) in [5.74, 6) is -1.10. The van der Waals surface area contributed by atoms with Gasteiger partial charge in [0.25, 0.3) is 0 Å². The van der Waals surface area contributed by atoms with Crippen LogP contribution in [0.5, 0.6) is 0 Å². The van der Waals surface area contributed by atoms with Gasteiger partial charge >= 0.3 is 0 Å². The molecule has 0 bridgehead atoms. The summed E-state index contributed by atoms with van der Waals surface area (Å²) in [6, 6.07) is 6.64. The van der Waals surface area contributed by atoms with Gasteiger partial charge in [0.2, 0.25) is 5.82 Å². The van der Waals surface area contributed by atoms with E-state index in [0.717, 1.165) is 16.9 Å². The minimum Gasteiger partial charge on any atom is -0.264 e. The van der Waals surface area contributed by atoms with Gasteiger partial charge in [-0.25, -0.2) is 8.78 Å². The molecule has 2 aromatic heterocycles. The third-order valence-electron chi connectivity index (χ3n) is 2.46. The number of aromatic nitrogens is 5. The number of pyridine rings is 1. The molecule has 3 rings (SSSR count). The summed E-state index contributed by atoms with van der Waals surface area (Å²) in [4.78, 5) is 4.94. The molecule has 3 aromatic rings. The third-order valence-corrected chi connectivity index (χ3v) is 2.46. The molecule has 5 nitrogen and oxygen atoms in total. The van der Waals surface area contributed by atoms with Gasteiger partial charge < -0.3 is 0 Å². The molecule has 0 aliphatic carbocycles. The van der Waals surface area contributed by atoms with Crippen molar-refractivity contribution < 1.29 is 8.78 Å². The molecule has 1 aromatic carbocycles. The molecular formula is C12H7F2N5. The highest BCUT2D eigenvalue weighted by Crippen LogP contribution is 2.15. The second kappa shape index (κ2) is 4.52.